The maximum absolute atomic E-state index is 12.4. The van der Waals surface area contributed by atoms with Gasteiger partial charge < -0.3 is 4.90 Å². The Bertz CT molecular complexity index is 454. The first-order valence-electron chi connectivity index (χ1n) is 7.33. The Kier molecular flexibility index (Phi) is 5.44. The average Bonchev–Trinajstić information content (AvgIpc) is 2.45. The van der Waals surface area contributed by atoms with E-state index >= 15 is 0 Å². The molecule has 20 heavy (non-hydrogen) atoms. The Balaban J connectivity index is 1.86. The summed E-state index contributed by atoms with van der Waals surface area (Å²) < 4.78 is 0. The van der Waals surface area contributed by atoms with Crippen LogP contribution in [0.4, 0.5) is 0 Å². The zero-order valence-electron chi connectivity index (χ0n) is 12.3. The molecular weight excluding hydrogens is 272 g/mol. The van der Waals surface area contributed by atoms with Crippen molar-refractivity contribution in [3.05, 3.63) is 34.9 Å². The van der Waals surface area contributed by atoms with Crippen LogP contribution in [-0.4, -0.2) is 48.4 Å². The Morgan fingerprint density at radius 3 is 2.55 bits per heavy atom. The van der Waals surface area contributed by atoms with E-state index < -0.39 is 0 Å². The summed E-state index contributed by atoms with van der Waals surface area (Å²) in [5.74, 6) is 0.831. The van der Waals surface area contributed by atoms with Crippen LogP contribution in [-0.2, 0) is 0 Å². The number of amides is 1. The molecule has 0 bridgehead atoms. The van der Waals surface area contributed by atoms with Crippen LogP contribution in [0, 0.1) is 5.92 Å². The molecule has 1 heterocycles. The Morgan fingerprint density at radius 2 is 1.95 bits per heavy atom. The van der Waals surface area contributed by atoms with Crippen molar-refractivity contribution in [1.82, 2.24) is 9.80 Å². The number of hydrogen-bond acceptors (Lipinski definition) is 2. The first-order chi connectivity index (χ1) is 9.56. The molecule has 0 spiro atoms. The number of piperazine rings is 1. The zero-order chi connectivity index (χ0) is 14.5. The molecular formula is C16H23ClN2O. The van der Waals surface area contributed by atoms with E-state index in [1.807, 2.05) is 17.0 Å². The van der Waals surface area contributed by atoms with Crippen molar-refractivity contribution in [2.24, 2.45) is 5.92 Å². The molecule has 1 aromatic carbocycles. The van der Waals surface area contributed by atoms with Gasteiger partial charge in [-0.3, -0.25) is 9.69 Å². The summed E-state index contributed by atoms with van der Waals surface area (Å²) in [4.78, 5) is 16.7. The molecule has 1 aliphatic heterocycles. The Morgan fingerprint density at radius 1 is 1.25 bits per heavy atom. The minimum atomic E-state index is 0.0935. The predicted molar refractivity (Wildman–Crippen MR) is 83.3 cm³/mol. The molecule has 0 N–H and O–H groups in total. The molecule has 1 aliphatic rings. The summed E-state index contributed by atoms with van der Waals surface area (Å²) in [6, 6.07) is 7.20. The van der Waals surface area contributed by atoms with Crippen molar-refractivity contribution in [2.45, 2.75) is 20.3 Å². The van der Waals surface area contributed by atoms with E-state index in [0.29, 0.717) is 10.6 Å². The van der Waals surface area contributed by atoms with Crippen LogP contribution < -0.4 is 0 Å². The minimum absolute atomic E-state index is 0.0935. The Labute approximate surface area is 126 Å². The molecule has 0 radical (unpaired) electrons. The lowest BCUT2D eigenvalue weighted by molar-refractivity contribution is 0.0632. The molecule has 1 fully saturated rings. The van der Waals surface area contributed by atoms with Gasteiger partial charge in [0, 0.05) is 36.8 Å². The number of benzene rings is 1. The summed E-state index contributed by atoms with van der Waals surface area (Å²) in [7, 11) is 0. The second-order valence-corrected chi connectivity index (χ2v) is 6.26. The van der Waals surface area contributed by atoms with Crippen molar-refractivity contribution >= 4 is 17.5 Å². The maximum atomic E-state index is 12.4. The van der Waals surface area contributed by atoms with E-state index in [-0.39, 0.29) is 5.91 Å². The number of nitrogens with zero attached hydrogens (tertiary/aromatic N) is 2. The maximum Gasteiger partial charge on any atom is 0.253 e. The molecule has 0 atom stereocenters. The molecule has 1 amide bonds. The summed E-state index contributed by atoms with van der Waals surface area (Å²) in [6.07, 6.45) is 1.22. The van der Waals surface area contributed by atoms with E-state index in [9.17, 15) is 4.79 Å². The van der Waals surface area contributed by atoms with Crippen LogP contribution in [0.25, 0.3) is 0 Å². The van der Waals surface area contributed by atoms with E-state index in [4.69, 9.17) is 11.6 Å². The van der Waals surface area contributed by atoms with Gasteiger partial charge in [0.25, 0.3) is 5.91 Å². The number of carbonyl (C=O) groups is 1. The fourth-order valence-electron chi connectivity index (χ4n) is 2.42. The van der Waals surface area contributed by atoms with Crippen LogP contribution in [0.3, 0.4) is 0 Å². The number of halogens is 1. The molecule has 0 unspecified atom stereocenters. The van der Waals surface area contributed by atoms with Crippen LogP contribution >= 0.6 is 11.6 Å². The van der Waals surface area contributed by atoms with Gasteiger partial charge >= 0.3 is 0 Å². The third-order valence-electron chi connectivity index (χ3n) is 3.75. The monoisotopic (exact) mass is 294 g/mol. The van der Waals surface area contributed by atoms with Gasteiger partial charge in [-0.2, -0.15) is 0 Å². The van der Waals surface area contributed by atoms with Gasteiger partial charge in [0.15, 0.2) is 0 Å². The Hall–Kier alpha value is -1.06. The summed E-state index contributed by atoms with van der Waals surface area (Å²) >= 11 is 5.94. The largest absolute Gasteiger partial charge is 0.336 e. The first-order valence-corrected chi connectivity index (χ1v) is 7.71. The van der Waals surface area contributed by atoms with Gasteiger partial charge in [0.1, 0.15) is 0 Å². The highest BCUT2D eigenvalue weighted by atomic mass is 35.5. The molecule has 110 valence electrons. The highest BCUT2D eigenvalue weighted by Crippen LogP contribution is 2.14. The molecule has 0 saturated carbocycles. The lowest BCUT2D eigenvalue weighted by atomic mass is 10.1. The van der Waals surface area contributed by atoms with Crippen LogP contribution in [0.2, 0.25) is 5.02 Å². The second-order valence-electron chi connectivity index (χ2n) is 5.83. The van der Waals surface area contributed by atoms with Crippen molar-refractivity contribution in [2.75, 3.05) is 32.7 Å². The lowest BCUT2D eigenvalue weighted by Gasteiger charge is -2.35. The normalized spacial score (nSPS) is 16.7. The van der Waals surface area contributed by atoms with Crippen LogP contribution in [0.1, 0.15) is 30.6 Å². The molecule has 3 nitrogen and oxygen atoms in total. The molecule has 4 heteroatoms. The average molecular weight is 295 g/mol. The van der Waals surface area contributed by atoms with Gasteiger partial charge in [-0.25, -0.2) is 0 Å². The van der Waals surface area contributed by atoms with Crippen LogP contribution in [0.15, 0.2) is 24.3 Å². The fourth-order valence-corrected chi connectivity index (χ4v) is 2.61. The highest BCUT2D eigenvalue weighted by Gasteiger charge is 2.22. The SMILES string of the molecule is CC(C)CCN1CCN(C(=O)c2cccc(Cl)c2)CC1. The van der Waals surface area contributed by atoms with Gasteiger partial charge in [-0.15, -0.1) is 0 Å². The fraction of sp³-hybridized carbons (Fsp3) is 0.562. The number of hydrogen-bond donors (Lipinski definition) is 0. The van der Waals surface area contributed by atoms with Crippen LogP contribution in [0.5, 0.6) is 0 Å². The minimum Gasteiger partial charge on any atom is -0.336 e. The molecule has 1 aromatic rings. The van der Waals surface area contributed by atoms with E-state index in [2.05, 4.69) is 18.7 Å². The van der Waals surface area contributed by atoms with Gasteiger partial charge in [-0.1, -0.05) is 31.5 Å². The number of carbonyl (C=O) groups excluding carboxylic acids is 1. The molecule has 1 saturated heterocycles. The molecule has 2 rings (SSSR count). The summed E-state index contributed by atoms with van der Waals surface area (Å²) in [5, 5.41) is 0.617. The number of rotatable bonds is 4. The smallest absolute Gasteiger partial charge is 0.253 e. The molecule has 0 aliphatic carbocycles. The van der Waals surface area contributed by atoms with E-state index in [1.165, 1.54) is 6.42 Å². The van der Waals surface area contributed by atoms with Gasteiger partial charge in [-0.05, 0) is 37.1 Å². The summed E-state index contributed by atoms with van der Waals surface area (Å²) in [6.45, 7) is 9.19. The van der Waals surface area contributed by atoms with Crippen molar-refractivity contribution < 1.29 is 4.79 Å². The topological polar surface area (TPSA) is 23.6 Å². The van der Waals surface area contributed by atoms with Gasteiger partial charge in [0.05, 0.1) is 0 Å². The second kappa shape index (κ2) is 7.09. The van der Waals surface area contributed by atoms with Crippen molar-refractivity contribution in [3.8, 4) is 0 Å². The molecule has 0 aromatic heterocycles. The highest BCUT2D eigenvalue weighted by molar-refractivity contribution is 6.30. The predicted octanol–water partition coefficient (Wildman–Crippen LogP) is 3.14. The van der Waals surface area contributed by atoms with Gasteiger partial charge in [0.2, 0.25) is 0 Å². The quantitative estimate of drug-likeness (QED) is 0.852. The lowest BCUT2D eigenvalue weighted by Crippen LogP contribution is -2.49. The third-order valence-corrected chi connectivity index (χ3v) is 3.99. The van der Waals surface area contributed by atoms with E-state index in [1.54, 1.807) is 12.1 Å². The third kappa shape index (κ3) is 4.22. The summed E-state index contributed by atoms with van der Waals surface area (Å²) in [5.41, 5.74) is 0.688. The van der Waals surface area contributed by atoms with Crippen molar-refractivity contribution in [3.63, 3.8) is 0 Å². The zero-order valence-corrected chi connectivity index (χ0v) is 13.1. The van der Waals surface area contributed by atoms with Crippen molar-refractivity contribution in [1.29, 1.82) is 0 Å². The first kappa shape index (κ1) is 15.3. The standard InChI is InChI=1S/C16H23ClN2O/c1-13(2)6-7-18-8-10-19(11-9-18)16(20)14-4-3-5-15(17)12-14/h3-5,12-13H,6-11H2,1-2H3. The van der Waals surface area contributed by atoms with E-state index in [0.717, 1.165) is 38.6 Å².